The van der Waals surface area contributed by atoms with Crippen molar-refractivity contribution >= 4 is 16.5 Å². The van der Waals surface area contributed by atoms with E-state index in [1.54, 1.807) is 0 Å². The fourth-order valence-corrected chi connectivity index (χ4v) is 4.21. The van der Waals surface area contributed by atoms with Crippen LogP contribution in [0.25, 0.3) is 10.8 Å². The molecular formula is C24H23N3. The molecule has 0 saturated carbocycles. The first-order chi connectivity index (χ1) is 13.3. The highest BCUT2D eigenvalue weighted by Gasteiger charge is 2.25. The number of likely N-dealkylation sites (N-methyl/N-ethyl adjacent to an activating group) is 1. The van der Waals surface area contributed by atoms with Gasteiger partial charge in [0.2, 0.25) is 0 Å². The fourth-order valence-electron chi connectivity index (χ4n) is 4.21. The molecule has 0 spiro atoms. The monoisotopic (exact) mass is 353 g/mol. The van der Waals surface area contributed by atoms with Crippen molar-refractivity contribution in [3.05, 3.63) is 102 Å². The number of hydrazine groups is 1. The average molecular weight is 353 g/mol. The van der Waals surface area contributed by atoms with Crippen LogP contribution in [0.15, 0.2) is 85.2 Å². The van der Waals surface area contributed by atoms with E-state index in [0.717, 1.165) is 13.1 Å². The second-order valence-corrected chi connectivity index (χ2v) is 7.44. The summed E-state index contributed by atoms with van der Waals surface area (Å²) < 4.78 is 0. The number of rotatable bonds is 2. The molecule has 27 heavy (non-hydrogen) atoms. The first-order valence-corrected chi connectivity index (χ1v) is 9.47. The first-order valence-electron chi connectivity index (χ1n) is 9.47. The maximum Gasteiger partial charge on any atom is 0.0626 e. The predicted octanol–water partition coefficient (Wildman–Crippen LogP) is 4.77. The number of anilines is 1. The summed E-state index contributed by atoms with van der Waals surface area (Å²) in [6, 6.07) is 22.4. The summed E-state index contributed by atoms with van der Waals surface area (Å²) in [5.74, 6) is 0.405. The normalized spacial score (nSPS) is 19.1. The smallest absolute Gasteiger partial charge is 0.0626 e. The largest absolute Gasteiger partial charge is 0.302 e. The van der Waals surface area contributed by atoms with Crippen molar-refractivity contribution in [1.82, 2.24) is 10.3 Å². The minimum absolute atomic E-state index is 0.405. The van der Waals surface area contributed by atoms with Crippen LogP contribution in [0.2, 0.25) is 0 Å². The summed E-state index contributed by atoms with van der Waals surface area (Å²) in [7, 11) is 2.21. The van der Waals surface area contributed by atoms with E-state index in [1.807, 2.05) is 18.4 Å². The Bertz CT molecular complexity index is 1050. The van der Waals surface area contributed by atoms with Gasteiger partial charge in [-0.25, -0.2) is 0 Å². The number of hydrogen-bond acceptors (Lipinski definition) is 3. The standard InChI is InChI=1S/C24H23N3/c1-26-16-21-15-22(27-13-5-4-12-25-27)10-11-23(21)24(17-26)20-9-8-18-6-2-3-7-19(18)14-20/h2-15,24-25H,16-17H2,1H3. The minimum atomic E-state index is 0.405. The van der Waals surface area contributed by atoms with Crippen LogP contribution >= 0.6 is 0 Å². The highest BCUT2D eigenvalue weighted by molar-refractivity contribution is 5.83. The van der Waals surface area contributed by atoms with Crippen molar-refractivity contribution < 1.29 is 0 Å². The third-order valence-corrected chi connectivity index (χ3v) is 5.55. The SMILES string of the molecule is CN1Cc2cc(N3C=CC=CN3)ccc2C(c2ccc3ccccc3c2)C1. The molecule has 0 saturated heterocycles. The number of fused-ring (bicyclic) bond motifs is 2. The fraction of sp³-hybridized carbons (Fsp3) is 0.167. The van der Waals surface area contributed by atoms with Crippen LogP contribution < -0.4 is 10.4 Å². The molecule has 0 fully saturated rings. The molecular weight excluding hydrogens is 330 g/mol. The summed E-state index contributed by atoms with van der Waals surface area (Å²) in [6.07, 6.45) is 8.04. The lowest BCUT2D eigenvalue weighted by Crippen LogP contribution is -2.33. The van der Waals surface area contributed by atoms with Gasteiger partial charge in [0.05, 0.1) is 5.69 Å². The number of nitrogens with one attached hydrogen (secondary N) is 1. The predicted molar refractivity (Wildman–Crippen MR) is 112 cm³/mol. The van der Waals surface area contributed by atoms with Crippen molar-refractivity contribution in [3.8, 4) is 0 Å². The van der Waals surface area contributed by atoms with Gasteiger partial charge in [0.1, 0.15) is 0 Å². The molecule has 1 unspecified atom stereocenters. The minimum Gasteiger partial charge on any atom is -0.302 e. The van der Waals surface area contributed by atoms with Gasteiger partial charge in [-0.2, -0.15) is 0 Å². The summed E-state index contributed by atoms with van der Waals surface area (Å²) in [6.45, 7) is 2.04. The van der Waals surface area contributed by atoms with Crippen molar-refractivity contribution in [3.63, 3.8) is 0 Å². The quantitative estimate of drug-likeness (QED) is 0.716. The van der Waals surface area contributed by atoms with Crippen molar-refractivity contribution in [1.29, 1.82) is 0 Å². The Morgan fingerprint density at radius 3 is 2.67 bits per heavy atom. The molecule has 0 amide bonds. The highest BCUT2D eigenvalue weighted by Crippen LogP contribution is 2.36. The Morgan fingerprint density at radius 2 is 1.81 bits per heavy atom. The molecule has 5 rings (SSSR count). The van der Waals surface area contributed by atoms with Gasteiger partial charge >= 0.3 is 0 Å². The zero-order chi connectivity index (χ0) is 18.2. The molecule has 2 aliphatic heterocycles. The number of benzene rings is 3. The van der Waals surface area contributed by atoms with Gasteiger partial charge in [-0.3, -0.25) is 5.01 Å². The van der Waals surface area contributed by atoms with Crippen LogP contribution in [0.5, 0.6) is 0 Å². The number of nitrogens with zero attached hydrogens (tertiary/aromatic N) is 2. The van der Waals surface area contributed by atoms with E-state index in [9.17, 15) is 0 Å². The van der Waals surface area contributed by atoms with Crippen LogP contribution in [0, 0.1) is 0 Å². The third kappa shape index (κ3) is 3.00. The van der Waals surface area contributed by atoms with Crippen LogP contribution in [-0.2, 0) is 6.54 Å². The van der Waals surface area contributed by atoms with E-state index in [2.05, 4.69) is 89.2 Å². The summed E-state index contributed by atoms with van der Waals surface area (Å²) >= 11 is 0. The molecule has 3 nitrogen and oxygen atoms in total. The Kier molecular flexibility index (Phi) is 3.95. The van der Waals surface area contributed by atoms with Gasteiger partial charge in [-0.05, 0) is 58.8 Å². The summed E-state index contributed by atoms with van der Waals surface area (Å²) in [5.41, 5.74) is 8.69. The molecule has 2 aliphatic rings. The molecule has 134 valence electrons. The van der Waals surface area contributed by atoms with E-state index in [4.69, 9.17) is 0 Å². The summed E-state index contributed by atoms with van der Waals surface area (Å²) in [5, 5.41) is 4.67. The molecule has 2 heterocycles. The molecule has 3 aromatic carbocycles. The topological polar surface area (TPSA) is 18.5 Å². The summed E-state index contributed by atoms with van der Waals surface area (Å²) in [4.78, 5) is 2.42. The van der Waals surface area contributed by atoms with E-state index >= 15 is 0 Å². The molecule has 3 heteroatoms. The van der Waals surface area contributed by atoms with E-state index < -0.39 is 0 Å². The van der Waals surface area contributed by atoms with Crippen LogP contribution in [0.1, 0.15) is 22.6 Å². The Balaban J connectivity index is 1.55. The molecule has 1 atom stereocenters. The second-order valence-electron chi connectivity index (χ2n) is 7.44. The number of hydrogen-bond donors (Lipinski definition) is 1. The van der Waals surface area contributed by atoms with Gasteiger partial charge < -0.3 is 10.3 Å². The maximum atomic E-state index is 3.27. The van der Waals surface area contributed by atoms with Crippen molar-refractivity contribution in [2.24, 2.45) is 0 Å². The van der Waals surface area contributed by atoms with E-state index in [-0.39, 0.29) is 0 Å². The second kappa shape index (κ2) is 6.60. The third-order valence-electron chi connectivity index (χ3n) is 5.55. The van der Waals surface area contributed by atoms with Gasteiger partial charge in [0.15, 0.2) is 0 Å². The molecule has 3 aromatic rings. The first kappa shape index (κ1) is 16.2. The van der Waals surface area contributed by atoms with Gasteiger partial charge in [-0.1, -0.05) is 48.5 Å². The van der Waals surface area contributed by atoms with Gasteiger partial charge in [0.25, 0.3) is 0 Å². The Hall–Kier alpha value is -3.04. The van der Waals surface area contributed by atoms with Crippen LogP contribution in [-0.4, -0.2) is 18.5 Å². The highest BCUT2D eigenvalue weighted by atomic mass is 15.5. The lowest BCUT2D eigenvalue weighted by molar-refractivity contribution is 0.295. The average Bonchev–Trinajstić information content (AvgIpc) is 2.73. The molecule has 0 aromatic heterocycles. The zero-order valence-corrected chi connectivity index (χ0v) is 15.5. The van der Waals surface area contributed by atoms with Gasteiger partial charge in [0, 0.05) is 31.4 Å². The van der Waals surface area contributed by atoms with Crippen LogP contribution in [0.3, 0.4) is 0 Å². The molecule has 0 radical (unpaired) electrons. The lowest BCUT2D eigenvalue weighted by atomic mass is 9.84. The maximum absolute atomic E-state index is 3.27. The van der Waals surface area contributed by atoms with E-state index in [1.165, 1.54) is 33.2 Å². The zero-order valence-electron chi connectivity index (χ0n) is 15.5. The lowest BCUT2D eigenvalue weighted by Gasteiger charge is -2.34. The van der Waals surface area contributed by atoms with E-state index in [0.29, 0.717) is 5.92 Å². The Labute approximate surface area is 160 Å². The Morgan fingerprint density at radius 1 is 0.926 bits per heavy atom. The number of allylic oxidation sites excluding steroid dienone is 2. The molecule has 0 aliphatic carbocycles. The van der Waals surface area contributed by atoms with Crippen molar-refractivity contribution in [2.45, 2.75) is 12.5 Å². The van der Waals surface area contributed by atoms with Gasteiger partial charge in [-0.15, -0.1) is 0 Å². The molecule has 1 N–H and O–H groups in total. The van der Waals surface area contributed by atoms with Crippen molar-refractivity contribution in [2.75, 3.05) is 18.6 Å². The molecule has 0 bridgehead atoms. The van der Waals surface area contributed by atoms with Crippen LogP contribution in [0.4, 0.5) is 5.69 Å².